The van der Waals surface area contributed by atoms with Crippen LogP contribution in [-0.2, 0) is 11.2 Å². The third-order valence-corrected chi connectivity index (χ3v) is 5.37. The van der Waals surface area contributed by atoms with Crippen LogP contribution in [0.5, 0.6) is 5.75 Å². The fraction of sp³-hybridized carbons (Fsp3) is 0.364. The van der Waals surface area contributed by atoms with Crippen molar-refractivity contribution >= 4 is 5.91 Å². The summed E-state index contributed by atoms with van der Waals surface area (Å²) in [7, 11) is 0. The number of benzene rings is 1. The number of rotatable bonds is 6. The van der Waals surface area contributed by atoms with E-state index in [9.17, 15) is 4.79 Å². The van der Waals surface area contributed by atoms with Crippen molar-refractivity contribution in [3.8, 4) is 17.2 Å². The number of carbonyl (C=O) groups excluding carboxylic acids is 1. The van der Waals surface area contributed by atoms with Crippen molar-refractivity contribution < 1.29 is 14.1 Å². The van der Waals surface area contributed by atoms with Crippen LogP contribution in [-0.4, -0.2) is 45.1 Å². The summed E-state index contributed by atoms with van der Waals surface area (Å²) < 4.78 is 11.7. The van der Waals surface area contributed by atoms with Crippen LogP contribution in [0.4, 0.5) is 0 Å². The molecule has 1 atom stereocenters. The van der Waals surface area contributed by atoms with Gasteiger partial charge in [0, 0.05) is 31.3 Å². The maximum absolute atomic E-state index is 12.6. The second-order valence-corrected chi connectivity index (χ2v) is 7.63. The molecule has 1 amide bonds. The first-order chi connectivity index (χ1) is 14.3. The van der Waals surface area contributed by atoms with Gasteiger partial charge >= 0.3 is 0 Å². The van der Waals surface area contributed by atoms with Crippen LogP contribution in [0.15, 0.2) is 53.3 Å². The fourth-order valence-electron chi connectivity index (χ4n) is 3.62. The SMILES string of the molecule is O=C(Cc1cccnc1)N1CCC(Oc2ccccc2-c2nc(C3CC3)no2)C1. The molecule has 2 aliphatic rings. The molecule has 148 valence electrons. The highest BCUT2D eigenvalue weighted by molar-refractivity contribution is 5.79. The molecule has 29 heavy (non-hydrogen) atoms. The van der Waals surface area contributed by atoms with E-state index >= 15 is 0 Å². The van der Waals surface area contributed by atoms with Crippen molar-refractivity contribution in [3.63, 3.8) is 0 Å². The molecule has 1 aliphatic heterocycles. The van der Waals surface area contributed by atoms with Crippen LogP contribution < -0.4 is 4.74 Å². The molecule has 5 rings (SSSR count). The standard InChI is InChI=1S/C22H22N4O3/c27-20(12-15-4-3-10-23-13-15)26-11-9-17(14-26)28-19-6-2-1-5-18(19)22-24-21(25-29-22)16-7-8-16/h1-6,10,13,16-17H,7-9,11-12,14H2. The normalized spacial score (nSPS) is 18.8. The zero-order valence-electron chi connectivity index (χ0n) is 16.0. The summed E-state index contributed by atoms with van der Waals surface area (Å²) in [5.41, 5.74) is 1.72. The topological polar surface area (TPSA) is 81.4 Å². The first-order valence-corrected chi connectivity index (χ1v) is 10.0. The van der Waals surface area contributed by atoms with Crippen molar-refractivity contribution in [2.45, 2.75) is 37.7 Å². The minimum atomic E-state index is -0.0557. The molecule has 1 saturated heterocycles. The summed E-state index contributed by atoms with van der Waals surface area (Å²) in [6.07, 6.45) is 6.80. The lowest BCUT2D eigenvalue weighted by Crippen LogP contribution is -2.32. The summed E-state index contributed by atoms with van der Waals surface area (Å²) in [6, 6.07) is 11.5. The van der Waals surface area contributed by atoms with Gasteiger partial charge in [0.2, 0.25) is 5.91 Å². The minimum absolute atomic E-state index is 0.0557. The van der Waals surface area contributed by atoms with E-state index in [1.165, 1.54) is 0 Å². The second kappa shape index (κ2) is 7.66. The molecular formula is C22H22N4O3. The van der Waals surface area contributed by atoms with E-state index in [0.29, 0.717) is 37.1 Å². The van der Waals surface area contributed by atoms with Crippen molar-refractivity contribution in [2.75, 3.05) is 13.1 Å². The number of hydrogen-bond donors (Lipinski definition) is 0. The highest BCUT2D eigenvalue weighted by atomic mass is 16.5. The first kappa shape index (κ1) is 17.8. The Bertz CT molecular complexity index is 1000. The molecule has 7 heteroatoms. The molecule has 0 N–H and O–H groups in total. The summed E-state index contributed by atoms with van der Waals surface area (Å²) >= 11 is 0. The van der Waals surface area contributed by atoms with Crippen LogP contribution in [0.3, 0.4) is 0 Å². The Kier molecular flexibility index (Phi) is 4.71. The average molecular weight is 390 g/mol. The maximum Gasteiger partial charge on any atom is 0.261 e. The number of nitrogens with zero attached hydrogens (tertiary/aromatic N) is 4. The zero-order valence-corrected chi connectivity index (χ0v) is 16.0. The van der Waals surface area contributed by atoms with Crippen molar-refractivity contribution in [2.24, 2.45) is 0 Å². The lowest BCUT2D eigenvalue weighted by atomic mass is 10.2. The third kappa shape index (κ3) is 3.99. The van der Waals surface area contributed by atoms with Gasteiger partial charge in [-0.05, 0) is 36.6 Å². The Labute approximate surface area is 168 Å². The first-order valence-electron chi connectivity index (χ1n) is 10.0. The van der Waals surface area contributed by atoms with E-state index in [0.717, 1.165) is 36.2 Å². The van der Waals surface area contributed by atoms with E-state index in [2.05, 4.69) is 15.1 Å². The smallest absolute Gasteiger partial charge is 0.261 e. The predicted molar refractivity (Wildman–Crippen MR) is 105 cm³/mol. The number of aromatic nitrogens is 3. The van der Waals surface area contributed by atoms with E-state index in [-0.39, 0.29) is 12.0 Å². The van der Waals surface area contributed by atoms with Crippen molar-refractivity contribution in [3.05, 3.63) is 60.2 Å². The number of ether oxygens (including phenoxy) is 1. The number of carbonyl (C=O) groups is 1. The number of hydrogen-bond acceptors (Lipinski definition) is 6. The molecule has 0 bridgehead atoms. The Morgan fingerprint density at radius 2 is 2.07 bits per heavy atom. The molecule has 7 nitrogen and oxygen atoms in total. The largest absolute Gasteiger partial charge is 0.488 e. The van der Waals surface area contributed by atoms with Gasteiger partial charge in [-0.2, -0.15) is 4.98 Å². The van der Waals surface area contributed by atoms with Crippen molar-refractivity contribution in [1.29, 1.82) is 0 Å². The molecule has 0 radical (unpaired) electrons. The van der Waals surface area contributed by atoms with Crippen molar-refractivity contribution in [1.82, 2.24) is 20.0 Å². The lowest BCUT2D eigenvalue weighted by Gasteiger charge is -2.18. The Hall–Kier alpha value is -3.22. The number of pyridine rings is 1. The zero-order chi connectivity index (χ0) is 19.6. The minimum Gasteiger partial charge on any atom is -0.488 e. The predicted octanol–water partition coefficient (Wildman–Crippen LogP) is 3.23. The van der Waals surface area contributed by atoms with Crippen LogP contribution in [0.2, 0.25) is 0 Å². The van der Waals surface area contributed by atoms with Gasteiger partial charge in [0.1, 0.15) is 11.9 Å². The van der Waals surface area contributed by atoms with Crippen LogP contribution in [0.1, 0.15) is 36.6 Å². The Morgan fingerprint density at radius 1 is 1.17 bits per heavy atom. The molecule has 1 aromatic carbocycles. The summed E-state index contributed by atoms with van der Waals surface area (Å²) in [5, 5.41) is 4.10. The van der Waals surface area contributed by atoms with Gasteiger partial charge < -0.3 is 14.2 Å². The molecule has 2 fully saturated rings. The fourth-order valence-corrected chi connectivity index (χ4v) is 3.62. The monoisotopic (exact) mass is 390 g/mol. The molecule has 1 saturated carbocycles. The number of likely N-dealkylation sites (tertiary alicyclic amines) is 1. The summed E-state index contributed by atoms with van der Waals surface area (Å²) in [5.74, 6) is 2.52. The third-order valence-electron chi connectivity index (χ3n) is 5.37. The van der Waals surface area contributed by atoms with E-state index < -0.39 is 0 Å². The van der Waals surface area contributed by atoms with Gasteiger partial charge in [-0.15, -0.1) is 0 Å². The van der Waals surface area contributed by atoms with E-state index in [1.54, 1.807) is 12.4 Å². The van der Waals surface area contributed by atoms with E-state index in [4.69, 9.17) is 9.26 Å². The Balaban J connectivity index is 1.25. The molecule has 3 aromatic rings. The van der Waals surface area contributed by atoms with Crippen LogP contribution >= 0.6 is 0 Å². The van der Waals surface area contributed by atoms with Gasteiger partial charge in [-0.1, -0.05) is 23.4 Å². The van der Waals surface area contributed by atoms with Gasteiger partial charge in [-0.25, -0.2) is 0 Å². The molecule has 3 heterocycles. The van der Waals surface area contributed by atoms with Gasteiger partial charge in [0.25, 0.3) is 5.89 Å². The quantitative estimate of drug-likeness (QED) is 0.643. The number of amides is 1. The summed E-state index contributed by atoms with van der Waals surface area (Å²) in [4.78, 5) is 23.1. The molecular weight excluding hydrogens is 368 g/mol. The average Bonchev–Trinajstić information content (AvgIpc) is 3.29. The van der Waals surface area contributed by atoms with E-state index in [1.807, 2.05) is 41.3 Å². The highest BCUT2D eigenvalue weighted by Gasteiger charge is 2.31. The Morgan fingerprint density at radius 3 is 2.90 bits per heavy atom. The van der Waals surface area contributed by atoms with Gasteiger partial charge in [0.05, 0.1) is 18.5 Å². The molecule has 2 aromatic heterocycles. The van der Waals surface area contributed by atoms with Gasteiger partial charge in [-0.3, -0.25) is 9.78 Å². The maximum atomic E-state index is 12.6. The lowest BCUT2D eigenvalue weighted by molar-refractivity contribution is -0.129. The second-order valence-electron chi connectivity index (χ2n) is 7.63. The van der Waals surface area contributed by atoms with Gasteiger partial charge in [0.15, 0.2) is 5.82 Å². The molecule has 0 spiro atoms. The van der Waals surface area contributed by atoms with Crippen LogP contribution in [0.25, 0.3) is 11.5 Å². The summed E-state index contributed by atoms with van der Waals surface area (Å²) in [6.45, 7) is 1.27. The highest BCUT2D eigenvalue weighted by Crippen LogP contribution is 2.39. The molecule has 1 aliphatic carbocycles. The van der Waals surface area contributed by atoms with Crippen LogP contribution in [0, 0.1) is 0 Å². The number of para-hydroxylation sites is 1. The molecule has 1 unspecified atom stereocenters.